The summed E-state index contributed by atoms with van der Waals surface area (Å²) in [7, 11) is 0. The Balaban J connectivity index is 0.00000176. The van der Waals surface area contributed by atoms with Gasteiger partial charge in [-0.05, 0) is 26.0 Å². The van der Waals surface area contributed by atoms with Crippen LogP contribution in [0.1, 0.15) is 22.3 Å². The third kappa shape index (κ3) is 3.46. The van der Waals surface area contributed by atoms with Gasteiger partial charge in [0.15, 0.2) is 0 Å². The lowest BCUT2D eigenvalue weighted by molar-refractivity contribution is 0.0660. The Morgan fingerprint density at radius 3 is 2.86 bits per heavy atom. The molecule has 3 heterocycles. The second-order valence-electron chi connectivity index (χ2n) is 5.09. The first kappa shape index (κ1) is 17.7. The highest BCUT2D eigenvalue weighted by Crippen LogP contribution is 2.35. The number of aryl methyl sites for hydroxylation is 1. The Morgan fingerprint density at radius 2 is 2.23 bits per heavy atom. The summed E-state index contributed by atoms with van der Waals surface area (Å²) in [6, 6.07) is 4.03. The first-order chi connectivity index (χ1) is 10.1. The molecule has 1 saturated heterocycles. The van der Waals surface area contributed by atoms with Gasteiger partial charge in [0.05, 0.1) is 14.9 Å². The molecule has 0 saturated carbocycles. The fourth-order valence-corrected chi connectivity index (χ4v) is 4.52. The molecule has 0 aliphatic carbocycles. The number of rotatable bonds is 2. The molecule has 8 heteroatoms. The summed E-state index contributed by atoms with van der Waals surface area (Å²) in [5.74, 6) is 0.0907. The van der Waals surface area contributed by atoms with E-state index in [9.17, 15) is 4.79 Å². The minimum absolute atomic E-state index is 0. The van der Waals surface area contributed by atoms with E-state index in [-0.39, 0.29) is 24.4 Å². The number of hydrogen-bond donors (Lipinski definition) is 1. The lowest BCUT2D eigenvalue weighted by atomic mass is 10.2. The summed E-state index contributed by atoms with van der Waals surface area (Å²) >= 11 is 8.92. The highest BCUT2D eigenvalue weighted by atomic mass is 35.5. The van der Waals surface area contributed by atoms with E-state index in [1.54, 1.807) is 0 Å². The van der Waals surface area contributed by atoms with Crippen molar-refractivity contribution in [1.29, 1.82) is 0 Å². The van der Waals surface area contributed by atoms with Crippen molar-refractivity contribution in [2.75, 3.05) is 19.6 Å². The molecule has 1 amide bonds. The van der Waals surface area contributed by atoms with Crippen molar-refractivity contribution in [1.82, 2.24) is 15.2 Å². The Hall–Kier alpha value is -0.660. The van der Waals surface area contributed by atoms with E-state index in [0.717, 1.165) is 44.4 Å². The van der Waals surface area contributed by atoms with Crippen LogP contribution in [0.5, 0.6) is 0 Å². The van der Waals surface area contributed by atoms with Gasteiger partial charge in [0.2, 0.25) is 0 Å². The quantitative estimate of drug-likeness (QED) is 0.867. The van der Waals surface area contributed by atoms with Gasteiger partial charge in [0.25, 0.3) is 5.91 Å². The van der Waals surface area contributed by atoms with Crippen LogP contribution in [-0.2, 0) is 0 Å². The van der Waals surface area contributed by atoms with Crippen LogP contribution in [-0.4, -0.2) is 41.5 Å². The molecule has 1 atom stereocenters. The smallest absolute Gasteiger partial charge is 0.266 e. The van der Waals surface area contributed by atoms with E-state index in [1.165, 1.54) is 22.7 Å². The molecule has 1 N–H and O–H groups in total. The number of thiazole rings is 1. The zero-order valence-corrected chi connectivity index (χ0v) is 15.5. The second kappa shape index (κ2) is 7.27. The van der Waals surface area contributed by atoms with Crippen LogP contribution in [0, 0.1) is 6.92 Å². The number of piperazine rings is 1. The standard InChI is InChI=1S/C14H16ClN3OS2.ClH/c1-8-7-16-5-6-18(8)14(19)12-9(2)17-13(21-12)10-3-4-11(15)20-10;/h3-4,8,16H,5-7H2,1-2H3;1H. The maximum Gasteiger partial charge on any atom is 0.266 e. The molecule has 0 aromatic carbocycles. The fourth-order valence-electron chi connectivity index (χ4n) is 2.40. The normalized spacial score (nSPS) is 18.1. The minimum Gasteiger partial charge on any atom is -0.333 e. The van der Waals surface area contributed by atoms with E-state index in [2.05, 4.69) is 17.2 Å². The van der Waals surface area contributed by atoms with Crippen molar-refractivity contribution >= 4 is 52.6 Å². The molecule has 1 fully saturated rings. The van der Waals surface area contributed by atoms with Gasteiger partial charge in [-0.3, -0.25) is 4.79 Å². The molecule has 2 aromatic rings. The SMILES string of the molecule is Cc1nc(-c2ccc(Cl)s2)sc1C(=O)N1CCNCC1C.Cl. The van der Waals surface area contributed by atoms with Crippen LogP contribution in [0.4, 0.5) is 0 Å². The molecule has 120 valence electrons. The maximum absolute atomic E-state index is 12.7. The summed E-state index contributed by atoms with van der Waals surface area (Å²) in [4.78, 5) is 21.0. The predicted molar refractivity (Wildman–Crippen MR) is 95.8 cm³/mol. The summed E-state index contributed by atoms with van der Waals surface area (Å²) < 4.78 is 0.737. The molecule has 1 aliphatic rings. The Morgan fingerprint density at radius 1 is 1.45 bits per heavy atom. The molecular formula is C14H17Cl2N3OS2. The van der Waals surface area contributed by atoms with Gasteiger partial charge in [0.1, 0.15) is 9.88 Å². The van der Waals surface area contributed by atoms with Crippen molar-refractivity contribution in [2.45, 2.75) is 19.9 Å². The third-order valence-corrected chi connectivity index (χ3v) is 6.08. The van der Waals surface area contributed by atoms with Crippen LogP contribution in [0.2, 0.25) is 4.34 Å². The number of thiophene rings is 1. The summed E-state index contributed by atoms with van der Waals surface area (Å²) in [6.45, 7) is 6.41. The number of carbonyl (C=O) groups is 1. The highest BCUT2D eigenvalue weighted by Gasteiger charge is 2.27. The maximum atomic E-state index is 12.7. The van der Waals surface area contributed by atoms with E-state index in [4.69, 9.17) is 11.6 Å². The molecule has 0 radical (unpaired) electrons. The summed E-state index contributed by atoms with van der Waals surface area (Å²) in [5, 5.41) is 4.17. The zero-order valence-electron chi connectivity index (χ0n) is 12.3. The molecule has 2 aromatic heterocycles. The number of carbonyl (C=O) groups excluding carboxylic acids is 1. The van der Waals surface area contributed by atoms with E-state index in [0.29, 0.717) is 0 Å². The van der Waals surface area contributed by atoms with Crippen molar-refractivity contribution in [2.24, 2.45) is 0 Å². The van der Waals surface area contributed by atoms with Gasteiger partial charge in [-0.25, -0.2) is 4.98 Å². The van der Waals surface area contributed by atoms with E-state index in [1.807, 2.05) is 24.0 Å². The monoisotopic (exact) mass is 377 g/mol. The fraction of sp³-hybridized carbons (Fsp3) is 0.429. The van der Waals surface area contributed by atoms with Crippen LogP contribution < -0.4 is 5.32 Å². The van der Waals surface area contributed by atoms with Crippen molar-refractivity contribution in [3.05, 3.63) is 27.0 Å². The van der Waals surface area contributed by atoms with E-state index < -0.39 is 0 Å². The average Bonchev–Trinajstić information content (AvgIpc) is 3.05. The highest BCUT2D eigenvalue weighted by molar-refractivity contribution is 7.24. The van der Waals surface area contributed by atoms with Crippen molar-refractivity contribution in [3.8, 4) is 9.88 Å². The summed E-state index contributed by atoms with van der Waals surface area (Å²) in [6.07, 6.45) is 0. The van der Waals surface area contributed by atoms with Crippen molar-refractivity contribution < 1.29 is 4.79 Å². The third-order valence-electron chi connectivity index (χ3n) is 3.54. The van der Waals surface area contributed by atoms with Gasteiger partial charge in [0, 0.05) is 25.7 Å². The summed E-state index contributed by atoms with van der Waals surface area (Å²) in [5.41, 5.74) is 0.801. The molecule has 0 bridgehead atoms. The Labute approximate surface area is 148 Å². The molecule has 22 heavy (non-hydrogen) atoms. The predicted octanol–water partition coefficient (Wildman–Crippen LogP) is 3.69. The number of halogens is 2. The first-order valence-corrected chi connectivity index (χ1v) is 8.82. The minimum atomic E-state index is 0. The second-order valence-corrected chi connectivity index (χ2v) is 7.80. The van der Waals surface area contributed by atoms with E-state index >= 15 is 0 Å². The van der Waals surface area contributed by atoms with Crippen LogP contribution >= 0.6 is 46.7 Å². The zero-order chi connectivity index (χ0) is 15.0. The lowest BCUT2D eigenvalue weighted by Crippen LogP contribution is -2.52. The van der Waals surface area contributed by atoms with Gasteiger partial charge in [-0.1, -0.05) is 11.6 Å². The number of hydrogen-bond acceptors (Lipinski definition) is 5. The topological polar surface area (TPSA) is 45.2 Å². The van der Waals surface area contributed by atoms with Gasteiger partial charge < -0.3 is 10.2 Å². The molecular weight excluding hydrogens is 361 g/mol. The number of aromatic nitrogens is 1. The Bertz CT molecular complexity index is 671. The van der Waals surface area contributed by atoms with Gasteiger partial charge in [-0.15, -0.1) is 35.1 Å². The van der Waals surface area contributed by atoms with Gasteiger partial charge in [-0.2, -0.15) is 0 Å². The molecule has 3 rings (SSSR count). The first-order valence-electron chi connectivity index (χ1n) is 6.81. The molecule has 1 unspecified atom stereocenters. The van der Waals surface area contributed by atoms with Crippen molar-refractivity contribution in [3.63, 3.8) is 0 Å². The van der Waals surface area contributed by atoms with Crippen LogP contribution in [0.3, 0.4) is 0 Å². The van der Waals surface area contributed by atoms with Crippen LogP contribution in [0.15, 0.2) is 12.1 Å². The van der Waals surface area contributed by atoms with Gasteiger partial charge >= 0.3 is 0 Å². The number of amides is 1. The molecule has 1 aliphatic heterocycles. The van der Waals surface area contributed by atoms with Crippen LogP contribution in [0.25, 0.3) is 9.88 Å². The molecule has 4 nitrogen and oxygen atoms in total. The average molecular weight is 378 g/mol. The Kier molecular flexibility index (Phi) is 5.85. The number of nitrogens with one attached hydrogen (secondary N) is 1. The molecule has 0 spiro atoms. The lowest BCUT2D eigenvalue weighted by Gasteiger charge is -2.33. The number of nitrogens with zero attached hydrogens (tertiary/aromatic N) is 2. The largest absolute Gasteiger partial charge is 0.333 e.